The Labute approximate surface area is 109 Å². The number of amides is 1. The Kier molecular flexibility index (Phi) is 3.93. The first-order valence-corrected chi connectivity index (χ1v) is 7.45. The maximum absolute atomic E-state index is 11.8. The summed E-state index contributed by atoms with van der Waals surface area (Å²) in [4.78, 5) is 15.8. The van der Waals surface area contributed by atoms with Crippen molar-refractivity contribution in [3.8, 4) is 0 Å². The molecule has 0 aliphatic carbocycles. The number of nitrogens with one attached hydrogen (secondary N) is 1. The quantitative estimate of drug-likeness (QED) is 0.917. The number of pyridine rings is 1. The van der Waals surface area contributed by atoms with Crippen LogP contribution in [0.1, 0.15) is 13.8 Å². The fourth-order valence-electron chi connectivity index (χ4n) is 0.885. The van der Waals surface area contributed by atoms with Gasteiger partial charge in [-0.15, -0.1) is 0 Å². The van der Waals surface area contributed by atoms with E-state index in [-0.39, 0.29) is 0 Å². The van der Waals surface area contributed by atoms with Crippen LogP contribution in [0.2, 0.25) is 0 Å². The lowest BCUT2D eigenvalue weighted by molar-refractivity contribution is -0.117. The SMILES string of the molecule is CC(C)(C(=O)Nc1ccc(Br)cn1)S(C)(=O)=O. The van der Waals surface area contributed by atoms with E-state index in [9.17, 15) is 13.2 Å². The molecular formula is C10H13BrN2O3S. The van der Waals surface area contributed by atoms with Crippen LogP contribution >= 0.6 is 15.9 Å². The summed E-state index contributed by atoms with van der Waals surface area (Å²) in [6.07, 6.45) is 2.55. The van der Waals surface area contributed by atoms with E-state index in [0.29, 0.717) is 5.82 Å². The van der Waals surface area contributed by atoms with Gasteiger partial charge in [-0.3, -0.25) is 4.79 Å². The molecule has 1 aromatic rings. The fraction of sp³-hybridized carbons (Fsp3) is 0.400. The van der Waals surface area contributed by atoms with Gasteiger partial charge in [0.2, 0.25) is 5.91 Å². The van der Waals surface area contributed by atoms with Crippen molar-refractivity contribution in [3.63, 3.8) is 0 Å². The third-order valence-electron chi connectivity index (χ3n) is 2.44. The van der Waals surface area contributed by atoms with E-state index in [2.05, 4.69) is 26.2 Å². The van der Waals surface area contributed by atoms with E-state index in [0.717, 1.165) is 10.7 Å². The van der Waals surface area contributed by atoms with Gasteiger partial charge in [0.1, 0.15) is 10.6 Å². The molecular weight excluding hydrogens is 308 g/mol. The molecule has 7 heteroatoms. The number of carbonyl (C=O) groups is 1. The predicted molar refractivity (Wildman–Crippen MR) is 69.5 cm³/mol. The van der Waals surface area contributed by atoms with Crippen molar-refractivity contribution < 1.29 is 13.2 Å². The van der Waals surface area contributed by atoms with Crippen molar-refractivity contribution in [3.05, 3.63) is 22.8 Å². The average molecular weight is 321 g/mol. The number of hydrogen-bond donors (Lipinski definition) is 1. The minimum atomic E-state index is -3.48. The van der Waals surface area contributed by atoms with Crippen LogP contribution in [0.3, 0.4) is 0 Å². The second-order valence-electron chi connectivity index (χ2n) is 4.10. The second-order valence-corrected chi connectivity index (χ2v) is 7.58. The summed E-state index contributed by atoms with van der Waals surface area (Å²) in [6, 6.07) is 3.29. The highest BCUT2D eigenvalue weighted by Gasteiger charge is 2.38. The van der Waals surface area contributed by atoms with Crippen LogP contribution in [0.5, 0.6) is 0 Å². The minimum Gasteiger partial charge on any atom is -0.309 e. The van der Waals surface area contributed by atoms with E-state index in [1.807, 2.05) is 0 Å². The Balaban J connectivity index is 2.90. The van der Waals surface area contributed by atoms with Crippen molar-refractivity contribution >= 4 is 37.5 Å². The Morgan fingerprint density at radius 2 is 2.00 bits per heavy atom. The molecule has 0 aliphatic rings. The predicted octanol–water partition coefficient (Wildman–Crippen LogP) is 1.61. The normalized spacial score (nSPS) is 12.2. The summed E-state index contributed by atoms with van der Waals surface area (Å²) >= 11 is 3.21. The van der Waals surface area contributed by atoms with Gasteiger partial charge in [-0.25, -0.2) is 13.4 Å². The molecule has 0 aromatic carbocycles. The molecule has 1 rings (SSSR count). The van der Waals surface area contributed by atoms with E-state index in [1.54, 1.807) is 12.1 Å². The zero-order chi connectivity index (χ0) is 13.3. The first kappa shape index (κ1) is 14.1. The van der Waals surface area contributed by atoms with Crippen molar-refractivity contribution in [2.75, 3.05) is 11.6 Å². The number of aromatic nitrogens is 1. The van der Waals surface area contributed by atoms with Gasteiger partial charge in [-0.05, 0) is 41.9 Å². The molecule has 0 radical (unpaired) electrons. The average Bonchev–Trinajstić information content (AvgIpc) is 2.19. The first-order chi connectivity index (χ1) is 7.64. The molecule has 0 spiro atoms. The number of halogens is 1. The maximum atomic E-state index is 11.8. The minimum absolute atomic E-state index is 0.315. The summed E-state index contributed by atoms with van der Waals surface area (Å²) in [5.41, 5.74) is 0. The zero-order valence-corrected chi connectivity index (χ0v) is 12.1. The number of rotatable bonds is 3. The Bertz CT molecular complexity index is 523. The molecule has 0 bridgehead atoms. The van der Waals surface area contributed by atoms with Crippen LogP contribution < -0.4 is 5.32 Å². The Morgan fingerprint density at radius 1 is 1.41 bits per heavy atom. The third kappa shape index (κ3) is 3.26. The zero-order valence-electron chi connectivity index (χ0n) is 9.69. The lowest BCUT2D eigenvalue weighted by Gasteiger charge is -2.20. The Morgan fingerprint density at radius 3 is 2.41 bits per heavy atom. The molecule has 17 heavy (non-hydrogen) atoms. The number of anilines is 1. The van der Waals surface area contributed by atoms with Crippen LogP contribution in [-0.4, -0.2) is 30.3 Å². The maximum Gasteiger partial charge on any atom is 0.246 e. The van der Waals surface area contributed by atoms with E-state index < -0.39 is 20.5 Å². The number of nitrogens with zero attached hydrogens (tertiary/aromatic N) is 1. The van der Waals surface area contributed by atoms with Crippen molar-refractivity contribution in [2.24, 2.45) is 0 Å². The molecule has 1 amide bonds. The molecule has 0 aliphatic heterocycles. The highest BCUT2D eigenvalue weighted by atomic mass is 79.9. The highest BCUT2D eigenvalue weighted by molar-refractivity contribution is 9.10. The molecule has 1 N–H and O–H groups in total. The molecule has 0 saturated carbocycles. The third-order valence-corrected chi connectivity index (χ3v) is 4.95. The van der Waals surface area contributed by atoms with Gasteiger partial charge in [-0.2, -0.15) is 0 Å². The van der Waals surface area contributed by atoms with Crippen molar-refractivity contribution in [1.29, 1.82) is 0 Å². The van der Waals surface area contributed by atoms with Gasteiger partial charge in [0.15, 0.2) is 9.84 Å². The van der Waals surface area contributed by atoms with E-state index in [1.165, 1.54) is 20.0 Å². The standard InChI is InChI=1S/C10H13BrN2O3S/c1-10(2,17(3,15)16)9(14)13-8-5-4-7(11)6-12-8/h4-6H,1-3H3,(H,12,13,14). The molecule has 94 valence electrons. The summed E-state index contributed by atoms with van der Waals surface area (Å²) in [6.45, 7) is 2.72. The highest BCUT2D eigenvalue weighted by Crippen LogP contribution is 2.18. The number of carbonyl (C=O) groups excluding carboxylic acids is 1. The topological polar surface area (TPSA) is 76.1 Å². The van der Waals surface area contributed by atoms with Crippen LogP contribution in [0, 0.1) is 0 Å². The summed E-state index contributed by atoms with van der Waals surface area (Å²) in [5.74, 6) is -0.287. The van der Waals surface area contributed by atoms with Gasteiger partial charge in [0, 0.05) is 16.9 Å². The first-order valence-electron chi connectivity index (χ1n) is 4.77. The lowest BCUT2D eigenvalue weighted by Crippen LogP contribution is -2.44. The van der Waals surface area contributed by atoms with Crippen molar-refractivity contribution in [2.45, 2.75) is 18.6 Å². The van der Waals surface area contributed by atoms with Crippen LogP contribution in [0.15, 0.2) is 22.8 Å². The van der Waals surface area contributed by atoms with Gasteiger partial charge in [0.25, 0.3) is 0 Å². The van der Waals surface area contributed by atoms with Crippen LogP contribution in [-0.2, 0) is 14.6 Å². The number of sulfone groups is 1. The fourth-order valence-corrected chi connectivity index (χ4v) is 1.51. The van der Waals surface area contributed by atoms with Crippen LogP contribution in [0.4, 0.5) is 5.82 Å². The molecule has 5 nitrogen and oxygen atoms in total. The smallest absolute Gasteiger partial charge is 0.246 e. The molecule has 1 heterocycles. The molecule has 0 saturated heterocycles. The second kappa shape index (κ2) is 4.73. The molecule has 0 atom stereocenters. The monoisotopic (exact) mass is 320 g/mol. The summed E-state index contributed by atoms with van der Waals surface area (Å²) in [5, 5.41) is 2.47. The molecule has 0 fully saturated rings. The largest absolute Gasteiger partial charge is 0.309 e. The van der Waals surface area contributed by atoms with Gasteiger partial charge in [0.05, 0.1) is 0 Å². The molecule has 1 aromatic heterocycles. The Hall–Kier alpha value is -0.950. The van der Waals surface area contributed by atoms with Gasteiger partial charge < -0.3 is 5.32 Å². The molecule has 0 unspecified atom stereocenters. The summed E-state index contributed by atoms with van der Waals surface area (Å²) in [7, 11) is -3.48. The number of hydrogen-bond acceptors (Lipinski definition) is 4. The van der Waals surface area contributed by atoms with Crippen LogP contribution in [0.25, 0.3) is 0 Å². The lowest BCUT2D eigenvalue weighted by atomic mass is 10.2. The van der Waals surface area contributed by atoms with Gasteiger partial charge >= 0.3 is 0 Å². The van der Waals surface area contributed by atoms with E-state index >= 15 is 0 Å². The van der Waals surface area contributed by atoms with Gasteiger partial charge in [-0.1, -0.05) is 0 Å². The van der Waals surface area contributed by atoms with E-state index in [4.69, 9.17) is 0 Å². The van der Waals surface area contributed by atoms with Crippen molar-refractivity contribution in [1.82, 2.24) is 4.98 Å². The summed E-state index contributed by atoms with van der Waals surface area (Å²) < 4.78 is 22.2.